The Balaban J connectivity index is 0.00000192. The molecule has 23 heavy (non-hydrogen) atoms. The molecule has 1 aliphatic rings. The van der Waals surface area contributed by atoms with Gasteiger partial charge >= 0.3 is 0 Å². The van der Waals surface area contributed by atoms with Crippen LogP contribution in [0.15, 0.2) is 59.6 Å². The third-order valence-electron chi connectivity index (χ3n) is 3.60. The van der Waals surface area contributed by atoms with Crippen LogP contribution in [-0.2, 0) is 0 Å². The normalized spacial score (nSPS) is 14.0. The molecule has 0 aromatic heterocycles. The van der Waals surface area contributed by atoms with Crippen molar-refractivity contribution in [2.45, 2.75) is 19.3 Å². The van der Waals surface area contributed by atoms with E-state index in [1.807, 2.05) is 54.6 Å². The second-order valence-corrected chi connectivity index (χ2v) is 5.57. The van der Waals surface area contributed by atoms with Gasteiger partial charge in [0.25, 0.3) is 0 Å². The van der Waals surface area contributed by atoms with Crippen LogP contribution in [0, 0.1) is 5.92 Å². The summed E-state index contributed by atoms with van der Waals surface area (Å²) in [6.45, 7) is 0.795. The van der Waals surface area contributed by atoms with Crippen molar-refractivity contribution >= 4 is 35.6 Å². The average Bonchev–Trinajstić information content (AvgIpc) is 3.33. The number of hydrogen-bond acceptors (Lipinski definition) is 2. The quantitative estimate of drug-likeness (QED) is 0.405. The van der Waals surface area contributed by atoms with Crippen LogP contribution >= 0.6 is 24.0 Å². The predicted octanol–water partition coefficient (Wildman–Crippen LogP) is 4.62. The molecule has 0 heterocycles. The second-order valence-electron chi connectivity index (χ2n) is 5.57. The fourth-order valence-electron chi connectivity index (χ4n) is 2.22. The summed E-state index contributed by atoms with van der Waals surface area (Å²) >= 11 is 0. The van der Waals surface area contributed by atoms with Crippen molar-refractivity contribution in [1.82, 2.24) is 0 Å². The molecule has 3 rings (SSSR count). The molecular weight excluding hydrogens is 401 g/mol. The van der Waals surface area contributed by atoms with Crippen molar-refractivity contribution in [3.63, 3.8) is 0 Å². The third-order valence-corrected chi connectivity index (χ3v) is 3.60. The van der Waals surface area contributed by atoms with Gasteiger partial charge in [0.1, 0.15) is 11.5 Å². The first-order valence-corrected chi connectivity index (χ1v) is 7.69. The van der Waals surface area contributed by atoms with E-state index in [0.29, 0.717) is 5.96 Å². The highest BCUT2D eigenvalue weighted by Gasteiger charge is 2.19. The minimum atomic E-state index is 0. The van der Waals surface area contributed by atoms with E-state index in [-0.39, 0.29) is 24.0 Å². The number of benzene rings is 2. The lowest BCUT2D eigenvalue weighted by atomic mass is 10.3. The number of nitrogens with two attached hydrogens (primary N) is 1. The van der Waals surface area contributed by atoms with E-state index in [1.165, 1.54) is 12.8 Å². The summed E-state index contributed by atoms with van der Waals surface area (Å²) in [6.07, 6.45) is 3.84. The maximum absolute atomic E-state index is 5.91. The van der Waals surface area contributed by atoms with Gasteiger partial charge in [0, 0.05) is 18.3 Å². The van der Waals surface area contributed by atoms with Crippen LogP contribution in [0.5, 0.6) is 11.5 Å². The van der Waals surface area contributed by atoms with Crippen LogP contribution in [0.4, 0.5) is 5.69 Å². The lowest BCUT2D eigenvalue weighted by Gasteiger charge is -2.09. The molecule has 0 amide bonds. The maximum Gasteiger partial charge on any atom is 0.193 e. The zero-order chi connectivity index (χ0) is 15.2. The standard InChI is InChI=1S/C18H21N3O.HI/c19-18(20-12-11-14-9-10-14)21-15-5-4-8-17(13-15)22-16-6-2-1-3-7-16;/h1-8,13-14H,9-12H2,(H3,19,20,21);1H. The molecule has 1 fully saturated rings. The summed E-state index contributed by atoms with van der Waals surface area (Å²) in [5.74, 6) is 2.91. The zero-order valence-corrected chi connectivity index (χ0v) is 15.3. The summed E-state index contributed by atoms with van der Waals surface area (Å²) in [5.41, 5.74) is 6.79. The molecule has 0 atom stereocenters. The number of hydrogen-bond donors (Lipinski definition) is 2. The molecule has 5 heteroatoms. The highest BCUT2D eigenvalue weighted by Crippen LogP contribution is 2.32. The van der Waals surface area contributed by atoms with E-state index in [2.05, 4.69) is 10.3 Å². The number of nitrogens with zero attached hydrogens (tertiary/aromatic N) is 1. The van der Waals surface area contributed by atoms with Crippen molar-refractivity contribution in [3.8, 4) is 11.5 Å². The predicted molar refractivity (Wildman–Crippen MR) is 106 cm³/mol. The van der Waals surface area contributed by atoms with Crippen molar-refractivity contribution in [1.29, 1.82) is 0 Å². The molecule has 4 nitrogen and oxygen atoms in total. The highest BCUT2D eigenvalue weighted by atomic mass is 127. The monoisotopic (exact) mass is 423 g/mol. The second kappa shape index (κ2) is 8.76. The SMILES string of the molecule is I.NC(=NCCC1CC1)Nc1cccc(Oc2ccccc2)c1. The molecule has 0 saturated heterocycles. The molecule has 122 valence electrons. The van der Waals surface area contributed by atoms with E-state index in [0.717, 1.165) is 36.1 Å². The van der Waals surface area contributed by atoms with Gasteiger partial charge in [0.2, 0.25) is 0 Å². The van der Waals surface area contributed by atoms with Gasteiger partial charge in [-0.05, 0) is 36.6 Å². The minimum absolute atomic E-state index is 0. The Morgan fingerprint density at radius 3 is 2.57 bits per heavy atom. The lowest BCUT2D eigenvalue weighted by Crippen LogP contribution is -2.22. The van der Waals surface area contributed by atoms with Crippen LogP contribution in [0.2, 0.25) is 0 Å². The average molecular weight is 423 g/mol. The van der Waals surface area contributed by atoms with Crippen LogP contribution < -0.4 is 15.8 Å². The molecule has 2 aromatic rings. The van der Waals surface area contributed by atoms with Gasteiger partial charge in [0.05, 0.1) is 0 Å². The zero-order valence-electron chi connectivity index (χ0n) is 12.9. The Hall–Kier alpha value is -1.76. The number of ether oxygens (including phenoxy) is 1. The number of halogens is 1. The van der Waals surface area contributed by atoms with E-state index in [9.17, 15) is 0 Å². The van der Waals surface area contributed by atoms with Gasteiger partial charge in [-0.3, -0.25) is 4.99 Å². The molecule has 0 unspecified atom stereocenters. The first kappa shape index (κ1) is 17.6. The molecule has 0 spiro atoms. The smallest absolute Gasteiger partial charge is 0.193 e. The van der Waals surface area contributed by atoms with E-state index in [1.54, 1.807) is 0 Å². The summed E-state index contributed by atoms with van der Waals surface area (Å²) in [6, 6.07) is 17.4. The summed E-state index contributed by atoms with van der Waals surface area (Å²) in [7, 11) is 0. The van der Waals surface area contributed by atoms with Gasteiger partial charge in [0.15, 0.2) is 5.96 Å². The van der Waals surface area contributed by atoms with Crippen molar-refractivity contribution in [2.24, 2.45) is 16.6 Å². The number of nitrogens with one attached hydrogen (secondary N) is 1. The van der Waals surface area contributed by atoms with Crippen molar-refractivity contribution < 1.29 is 4.74 Å². The topological polar surface area (TPSA) is 59.6 Å². The molecular formula is C18H22IN3O. The van der Waals surface area contributed by atoms with Crippen LogP contribution in [0.1, 0.15) is 19.3 Å². The molecule has 0 bridgehead atoms. The largest absolute Gasteiger partial charge is 0.457 e. The van der Waals surface area contributed by atoms with Gasteiger partial charge in [-0.25, -0.2) is 0 Å². The number of aliphatic imine (C=N–C) groups is 1. The number of rotatable bonds is 6. The summed E-state index contributed by atoms with van der Waals surface area (Å²) < 4.78 is 5.80. The fourth-order valence-corrected chi connectivity index (χ4v) is 2.22. The van der Waals surface area contributed by atoms with Gasteiger partial charge in [-0.2, -0.15) is 0 Å². The molecule has 0 aliphatic heterocycles. The van der Waals surface area contributed by atoms with Crippen LogP contribution in [0.25, 0.3) is 0 Å². The molecule has 3 N–H and O–H groups in total. The first-order valence-electron chi connectivity index (χ1n) is 7.69. The molecule has 1 saturated carbocycles. The number of anilines is 1. The lowest BCUT2D eigenvalue weighted by molar-refractivity contribution is 0.483. The highest BCUT2D eigenvalue weighted by molar-refractivity contribution is 14.0. The number of para-hydroxylation sites is 1. The summed E-state index contributed by atoms with van der Waals surface area (Å²) in [4.78, 5) is 4.36. The Kier molecular flexibility index (Phi) is 6.70. The van der Waals surface area contributed by atoms with E-state index in [4.69, 9.17) is 10.5 Å². The minimum Gasteiger partial charge on any atom is -0.457 e. The summed E-state index contributed by atoms with van der Waals surface area (Å²) in [5, 5.41) is 3.11. The van der Waals surface area contributed by atoms with Crippen LogP contribution in [0.3, 0.4) is 0 Å². The van der Waals surface area contributed by atoms with Crippen molar-refractivity contribution in [2.75, 3.05) is 11.9 Å². The Labute approximate surface area is 154 Å². The Bertz CT molecular complexity index is 642. The van der Waals surface area contributed by atoms with E-state index < -0.39 is 0 Å². The number of guanidine groups is 1. The maximum atomic E-state index is 5.91. The first-order chi connectivity index (χ1) is 10.8. The van der Waals surface area contributed by atoms with E-state index >= 15 is 0 Å². The van der Waals surface area contributed by atoms with Crippen LogP contribution in [-0.4, -0.2) is 12.5 Å². The van der Waals surface area contributed by atoms with Gasteiger partial charge in [-0.15, -0.1) is 24.0 Å². The van der Waals surface area contributed by atoms with Gasteiger partial charge < -0.3 is 15.8 Å². The third kappa shape index (κ3) is 6.09. The van der Waals surface area contributed by atoms with Gasteiger partial charge in [-0.1, -0.05) is 37.1 Å². The molecule has 0 radical (unpaired) electrons. The van der Waals surface area contributed by atoms with Crippen molar-refractivity contribution in [3.05, 3.63) is 54.6 Å². The Morgan fingerprint density at radius 2 is 1.83 bits per heavy atom. The Morgan fingerprint density at radius 1 is 1.09 bits per heavy atom. The molecule has 1 aliphatic carbocycles. The fraction of sp³-hybridized carbons (Fsp3) is 0.278. The molecule has 2 aromatic carbocycles.